The zero-order valence-corrected chi connectivity index (χ0v) is 41.9. The summed E-state index contributed by atoms with van der Waals surface area (Å²) in [4.78, 5) is 132. The van der Waals surface area contributed by atoms with E-state index in [-0.39, 0.29) is 79.0 Å². The number of carbonyl (C=O) groups excluding carboxylic acids is 5. The van der Waals surface area contributed by atoms with Crippen molar-refractivity contribution in [2.45, 2.75) is 132 Å². The lowest BCUT2D eigenvalue weighted by Crippen LogP contribution is -2.50. The van der Waals surface area contributed by atoms with Crippen molar-refractivity contribution in [3.8, 4) is 11.8 Å². The molecule has 0 spiro atoms. The molecule has 3 rings (SSSR count). The van der Waals surface area contributed by atoms with Crippen molar-refractivity contribution in [1.82, 2.24) is 41.2 Å². The molecule has 1 aliphatic rings. The minimum absolute atomic E-state index is 0.109. The first-order valence-electron chi connectivity index (χ1n) is 22.5. The third kappa shape index (κ3) is 21.0. The van der Waals surface area contributed by atoms with Gasteiger partial charge in [-0.15, -0.1) is 23.5 Å². The number of carboxylic acid groups (broad SMARTS) is 4. The molecular weight excluding hydrogens is 973 g/mol. The fraction of sp³-hybridized carbons (Fsp3) is 0.614. The highest BCUT2D eigenvalue weighted by molar-refractivity contribution is 7.99. The Balaban J connectivity index is 2.14. The highest BCUT2D eigenvalue weighted by atomic mass is 32.2. The van der Waals surface area contributed by atoms with E-state index in [2.05, 4.69) is 31.2 Å². The summed E-state index contributed by atoms with van der Waals surface area (Å²) in [6.45, 7) is 9.15. The number of carboxylic acids is 4. The number of ketones is 1. The fourth-order valence-electron chi connectivity index (χ4n) is 6.95. The zero-order valence-electron chi connectivity index (χ0n) is 40.2. The number of rotatable bonds is 28. The first kappa shape index (κ1) is 59.1. The standard InChI is InChI=1S/C44H64N10O15S2/c1-43(2,3)68-32-16-47-14-26(53-32)37(70-20-28(39(62)49-18-34(57)58)51-30(55)12-10-24(45)41(64)65)22-8-7-9-23(36(22)61)38(27-15-48-17-33(54-27)69-44(4,5)6)71-21-29(40(63)50-19-35(59)60)52-31(56)13-11-25(46)42(66)67/h14-17,22-25,28-29,37-38H,7-13,18-21,45-46H2,1-6H3,(H,49,62)(H,50,63)(H,51,55)(H,52,56)(H,57,58)(H,59,60)(H,64,65)(H,66,67)/t22?,23?,24-,25+,28-,29-,37?,38?/m0/s1. The minimum atomic E-state index is -1.41. The largest absolute Gasteiger partial charge is 0.480 e. The van der Waals surface area contributed by atoms with Gasteiger partial charge in [-0.1, -0.05) is 6.42 Å². The Kier molecular flexibility index (Phi) is 22.8. The molecule has 2 aromatic rings. The van der Waals surface area contributed by atoms with Crippen molar-refractivity contribution < 1.29 is 73.1 Å². The maximum atomic E-state index is 15.3. The second-order valence-electron chi connectivity index (χ2n) is 18.5. The molecule has 392 valence electrons. The number of amides is 4. The Morgan fingerprint density at radius 1 is 0.648 bits per heavy atom. The van der Waals surface area contributed by atoms with Gasteiger partial charge in [0.05, 0.1) is 34.3 Å². The summed E-state index contributed by atoms with van der Waals surface area (Å²) in [6, 6.07) is -5.56. The van der Waals surface area contributed by atoms with Crippen LogP contribution in [0.4, 0.5) is 0 Å². The van der Waals surface area contributed by atoms with Crippen molar-refractivity contribution >= 4 is 76.8 Å². The molecule has 12 N–H and O–H groups in total. The molecule has 1 saturated carbocycles. The molecule has 4 unspecified atom stereocenters. The van der Waals surface area contributed by atoms with Crippen LogP contribution in [0.1, 0.15) is 108 Å². The second-order valence-corrected chi connectivity index (χ2v) is 20.8. The number of thioether (sulfide) groups is 2. The van der Waals surface area contributed by atoms with Gasteiger partial charge in [-0.25, -0.2) is 9.97 Å². The Labute approximate surface area is 417 Å². The predicted molar refractivity (Wildman–Crippen MR) is 256 cm³/mol. The number of carbonyl (C=O) groups is 9. The number of hydrogen-bond acceptors (Lipinski definition) is 19. The molecule has 25 nitrogen and oxygen atoms in total. The van der Waals surface area contributed by atoms with Crippen LogP contribution < -0.4 is 42.2 Å². The van der Waals surface area contributed by atoms with E-state index in [9.17, 15) is 58.8 Å². The van der Waals surface area contributed by atoms with E-state index in [1.165, 1.54) is 24.8 Å². The van der Waals surface area contributed by atoms with Gasteiger partial charge in [0.25, 0.3) is 0 Å². The maximum Gasteiger partial charge on any atom is 0.322 e. The molecule has 0 saturated heterocycles. The highest BCUT2D eigenvalue weighted by Gasteiger charge is 2.44. The molecule has 1 aliphatic carbocycles. The van der Waals surface area contributed by atoms with Crippen molar-refractivity contribution in [3.63, 3.8) is 0 Å². The van der Waals surface area contributed by atoms with Crippen LogP contribution in [0.3, 0.4) is 0 Å². The third-order valence-corrected chi connectivity index (χ3v) is 13.1. The topological polar surface area (TPSA) is 405 Å². The minimum Gasteiger partial charge on any atom is -0.480 e. The molecular formula is C44H64N10O15S2. The zero-order chi connectivity index (χ0) is 53.2. The van der Waals surface area contributed by atoms with Gasteiger partial charge < -0.3 is 62.6 Å². The van der Waals surface area contributed by atoms with Gasteiger partial charge in [0.1, 0.15) is 54.2 Å². The molecule has 0 aromatic carbocycles. The molecule has 8 atom stereocenters. The van der Waals surface area contributed by atoms with Crippen LogP contribution in [0.15, 0.2) is 24.8 Å². The van der Waals surface area contributed by atoms with Crippen LogP contribution in [0.5, 0.6) is 11.8 Å². The van der Waals surface area contributed by atoms with Crippen molar-refractivity contribution in [2.24, 2.45) is 23.3 Å². The van der Waals surface area contributed by atoms with E-state index in [0.717, 1.165) is 23.5 Å². The van der Waals surface area contributed by atoms with E-state index < -0.39 is 118 Å². The molecule has 27 heteroatoms. The number of hydrogen-bond donors (Lipinski definition) is 10. The lowest BCUT2D eigenvalue weighted by Gasteiger charge is -2.37. The van der Waals surface area contributed by atoms with Gasteiger partial charge in [0.2, 0.25) is 35.4 Å². The Morgan fingerprint density at radius 3 is 1.34 bits per heavy atom. The van der Waals surface area contributed by atoms with Gasteiger partial charge in [-0.3, -0.25) is 53.1 Å². The Bertz CT molecular complexity index is 2080. The third-order valence-electron chi connectivity index (χ3n) is 10.2. The first-order chi connectivity index (χ1) is 33.1. The van der Waals surface area contributed by atoms with Crippen LogP contribution in [0, 0.1) is 11.8 Å². The van der Waals surface area contributed by atoms with Crippen LogP contribution in [-0.2, 0) is 43.2 Å². The average Bonchev–Trinajstić information content (AvgIpc) is 3.27. The molecule has 0 aliphatic heterocycles. The summed E-state index contributed by atoms with van der Waals surface area (Å²) in [7, 11) is 0. The van der Waals surface area contributed by atoms with Crippen LogP contribution in [0.2, 0.25) is 0 Å². The van der Waals surface area contributed by atoms with E-state index in [1.807, 2.05) is 0 Å². The van der Waals surface area contributed by atoms with Gasteiger partial charge in [0, 0.05) is 48.6 Å². The van der Waals surface area contributed by atoms with Crippen molar-refractivity contribution in [3.05, 3.63) is 36.2 Å². The Morgan fingerprint density at radius 2 is 1.01 bits per heavy atom. The second kappa shape index (κ2) is 27.4. The fourth-order valence-corrected chi connectivity index (χ4v) is 9.79. The molecule has 2 aromatic heterocycles. The average molecular weight is 1040 g/mol. The number of nitrogens with two attached hydrogens (primary N) is 2. The van der Waals surface area contributed by atoms with Crippen LogP contribution in [0.25, 0.3) is 0 Å². The number of ether oxygens (including phenoxy) is 2. The molecule has 0 radical (unpaired) electrons. The summed E-state index contributed by atoms with van der Waals surface area (Å²) in [5, 5.41) is 44.8. The SMILES string of the molecule is CC(C)(C)Oc1cncc(C(SC[C@H](NC(=O)CC[C@@H](N)C(=O)O)C(=O)NCC(=O)O)C2CCCC(C(SC[C@H](NC(=O)CC[C@H](N)C(=O)O)C(=O)NCC(=O)O)c3cncc(OC(C)(C)C)n3)C2=O)n1. The maximum absolute atomic E-state index is 15.3. The van der Waals surface area contributed by atoms with Crippen LogP contribution in [-0.4, -0.2) is 154 Å². The highest BCUT2D eigenvalue weighted by Crippen LogP contribution is 2.48. The summed E-state index contributed by atoms with van der Waals surface area (Å²) < 4.78 is 12.0. The molecule has 2 heterocycles. The van der Waals surface area contributed by atoms with E-state index in [0.29, 0.717) is 6.42 Å². The van der Waals surface area contributed by atoms with Crippen molar-refractivity contribution in [2.75, 3.05) is 24.6 Å². The Hall–Kier alpha value is -6.19. The number of nitrogens with zero attached hydrogens (tertiary/aromatic N) is 4. The van der Waals surface area contributed by atoms with E-state index >= 15 is 4.79 Å². The number of Topliss-reactive ketones (excluding diaryl/α,β-unsaturated/α-hetero) is 1. The summed E-state index contributed by atoms with van der Waals surface area (Å²) in [5.41, 5.74) is 10.2. The van der Waals surface area contributed by atoms with Gasteiger partial charge >= 0.3 is 23.9 Å². The van der Waals surface area contributed by atoms with Gasteiger partial charge in [0.15, 0.2) is 0 Å². The monoisotopic (exact) mass is 1040 g/mol. The van der Waals surface area contributed by atoms with Gasteiger partial charge in [-0.05, 0) is 67.2 Å². The lowest BCUT2D eigenvalue weighted by atomic mass is 9.76. The summed E-state index contributed by atoms with van der Waals surface area (Å²) >= 11 is 2.10. The summed E-state index contributed by atoms with van der Waals surface area (Å²) in [5.74, 6) is -11.1. The molecule has 71 heavy (non-hydrogen) atoms. The number of aliphatic carboxylic acids is 4. The smallest absolute Gasteiger partial charge is 0.322 e. The van der Waals surface area contributed by atoms with Crippen LogP contribution >= 0.6 is 23.5 Å². The first-order valence-corrected chi connectivity index (χ1v) is 24.6. The summed E-state index contributed by atoms with van der Waals surface area (Å²) in [6.07, 6.45) is 5.27. The van der Waals surface area contributed by atoms with E-state index in [4.69, 9.17) is 30.9 Å². The lowest BCUT2D eigenvalue weighted by molar-refractivity contribution is -0.140. The van der Waals surface area contributed by atoms with Crippen molar-refractivity contribution in [1.29, 1.82) is 0 Å². The number of aromatic nitrogens is 4. The predicted octanol–water partition coefficient (Wildman–Crippen LogP) is 0.611. The molecule has 1 fully saturated rings. The quantitative estimate of drug-likeness (QED) is 0.0558. The van der Waals surface area contributed by atoms with E-state index in [1.54, 1.807) is 41.5 Å². The normalized spacial score (nSPS) is 17.5. The molecule has 4 amide bonds. The number of nitrogens with one attached hydrogen (secondary N) is 4. The van der Waals surface area contributed by atoms with Gasteiger partial charge in [-0.2, -0.15) is 0 Å². The molecule has 0 bridgehead atoms.